The lowest BCUT2D eigenvalue weighted by Crippen LogP contribution is -2.43. The summed E-state index contributed by atoms with van der Waals surface area (Å²) in [4.78, 5) is 181. The van der Waals surface area contributed by atoms with Crippen molar-refractivity contribution >= 4 is 115 Å². The van der Waals surface area contributed by atoms with Crippen LogP contribution in [0.15, 0.2) is 55.0 Å². The van der Waals surface area contributed by atoms with Crippen molar-refractivity contribution < 1.29 is 116 Å². The van der Waals surface area contributed by atoms with Gasteiger partial charge in [0, 0.05) is 45.6 Å². The van der Waals surface area contributed by atoms with Gasteiger partial charge in [0.25, 0.3) is 27.8 Å². The molecule has 0 aliphatic carbocycles. The number of aliphatic hydroxyl groups excluding tert-OH is 15. The summed E-state index contributed by atoms with van der Waals surface area (Å²) < 4.78 is 3.39. The van der Waals surface area contributed by atoms with Crippen molar-refractivity contribution in [3.8, 4) is 0 Å². The number of carbonyl (C=O) groups is 5. The van der Waals surface area contributed by atoms with Crippen LogP contribution >= 0.6 is 0 Å². The fraction of sp³-hybridized carbons (Fsp3) is 0.417. The van der Waals surface area contributed by atoms with Gasteiger partial charge in [-0.15, -0.1) is 0 Å². The Balaban J connectivity index is 0.000000178. The number of rotatable bonds is 25. The summed E-state index contributed by atoms with van der Waals surface area (Å²) in [6.07, 6.45) is -9.79. The molecule has 0 radical (unpaired) electrons. The number of nitrogen functional groups attached to an aromatic ring is 2. The molecule has 10 atom stereocenters. The molecule has 53 heteroatoms. The molecule has 0 saturated heterocycles. The predicted molar refractivity (Wildman–Crippen MR) is 375 cm³/mol. The zero-order chi connectivity index (χ0) is 83.0. The number of hydrogen-bond donors (Lipinski definition) is 24. The van der Waals surface area contributed by atoms with Crippen LogP contribution < -0.4 is 54.8 Å². The molecule has 10 aromatic heterocycles. The maximum absolute atomic E-state index is 12.8. The van der Waals surface area contributed by atoms with E-state index in [-0.39, 0.29) is 191 Å². The smallest absolute Gasteiger partial charge is 0.305 e. The van der Waals surface area contributed by atoms with Gasteiger partial charge in [-0.3, -0.25) is 81.8 Å². The third-order valence-corrected chi connectivity index (χ3v) is 15.9. The number of anilines is 5. The molecule has 0 bridgehead atoms. The number of fused-ring (bicyclic) bond motifs is 7. The molecule has 2 aliphatic heterocycles. The van der Waals surface area contributed by atoms with E-state index in [4.69, 9.17) is 52.3 Å². The van der Waals surface area contributed by atoms with Crippen molar-refractivity contribution in [2.45, 2.75) is 113 Å². The minimum absolute atomic E-state index is 0.00131. The summed E-state index contributed by atoms with van der Waals surface area (Å²) in [6, 6.07) is 0. The molecule has 0 aromatic carbocycles. The van der Waals surface area contributed by atoms with Gasteiger partial charge in [-0.1, -0.05) is 0 Å². The Hall–Kier alpha value is -12.7. The molecule has 53 nitrogen and oxygen atoms in total. The van der Waals surface area contributed by atoms with Crippen LogP contribution in [-0.2, 0) is 43.6 Å². The second-order valence-electron chi connectivity index (χ2n) is 23.8. The van der Waals surface area contributed by atoms with Crippen molar-refractivity contribution in [3.05, 3.63) is 111 Å². The van der Waals surface area contributed by atoms with Gasteiger partial charge in [0.1, 0.15) is 61.0 Å². The maximum Gasteiger partial charge on any atom is 0.305 e. The average molecular weight is 1590 g/mol. The summed E-state index contributed by atoms with van der Waals surface area (Å²) in [7, 11) is 0. The molecule has 26 N–H and O–H groups in total. The van der Waals surface area contributed by atoms with Crippen LogP contribution in [0, 0.1) is 0 Å². The number of nitrogens with zero attached hydrogens (tertiary/aromatic N) is 19. The van der Waals surface area contributed by atoms with E-state index in [1.807, 2.05) is 0 Å². The highest BCUT2D eigenvalue weighted by Gasteiger charge is 2.31. The summed E-state index contributed by atoms with van der Waals surface area (Å²) in [5.41, 5.74) is 6.59. The summed E-state index contributed by atoms with van der Waals surface area (Å²) in [5, 5.41) is 171. The highest BCUT2D eigenvalue weighted by atomic mass is 16.4. The van der Waals surface area contributed by atoms with Gasteiger partial charge in [0.2, 0.25) is 41.6 Å². The van der Waals surface area contributed by atoms with Gasteiger partial charge in [-0.2, -0.15) is 24.9 Å². The number of nitrogens with two attached hydrogens (primary N) is 2. The summed E-state index contributed by atoms with van der Waals surface area (Å²) in [5.74, 6) is -3.96. The Bertz CT molecular complexity index is 5480. The van der Waals surface area contributed by atoms with E-state index in [1.54, 1.807) is 0 Å². The molecule has 10 aromatic rings. The monoisotopic (exact) mass is 1590 g/mol. The molecule has 113 heavy (non-hydrogen) atoms. The fourth-order valence-corrected chi connectivity index (χ4v) is 9.89. The molecule has 0 spiro atoms. The number of carboxylic acid groups (broad SMARTS) is 3. The quantitative estimate of drug-likeness (QED) is 0.0253. The van der Waals surface area contributed by atoms with Crippen LogP contribution in [0.3, 0.4) is 0 Å². The molecular formula is C60H71N25O28. The number of nitrogens with one attached hydrogen (secondary N) is 4. The minimum Gasteiger partial charge on any atom is -0.481 e. The fourth-order valence-electron chi connectivity index (χ4n) is 9.89. The lowest BCUT2D eigenvalue weighted by atomic mass is 10.1. The van der Waals surface area contributed by atoms with E-state index in [1.165, 1.54) is 9.13 Å². The number of hydrogen-bond acceptors (Lipinski definition) is 43. The van der Waals surface area contributed by atoms with Crippen LogP contribution in [0.4, 0.5) is 29.7 Å². The summed E-state index contributed by atoms with van der Waals surface area (Å²) >= 11 is 0. The Labute approximate surface area is 625 Å². The predicted octanol–water partition coefficient (Wildman–Crippen LogP) is -11.0. The molecule has 2 aliphatic rings. The first-order valence-electron chi connectivity index (χ1n) is 32.9. The normalized spacial score (nSPS) is 15.1. The van der Waals surface area contributed by atoms with Crippen LogP contribution in [0.2, 0.25) is 0 Å². The zero-order valence-corrected chi connectivity index (χ0v) is 58.1. The molecular weight excluding hydrogens is 1520 g/mol. The van der Waals surface area contributed by atoms with Gasteiger partial charge >= 0.3 is 17.9 Å². The number of aliphatic carboxylic acids is 3. The van der Waals surface area contributed by atoms with Crippen molar-refractivity contribution in [2.75, 3.05) is 73.1 Å². The third kappa shape index (κ3) is 20.8. The SMILES string of the molecule is Nc1nc2ncc([C@H](O)[C@H](O)CO)nc2c(=O)[nH]1.Nc1nc2ncc([C@H](O)[C@H](O)CO)nc2c(=O)n1CCC(=O)O.O=C(O)CCN1C(=O)CCn2c1nc1ncc([C@H](O)[C@H](O)CO)nc1c2=O.O=C(O)CCNc1nc2ncc([C@H](O)[C@H](O)CO)nc2c(=O)[nH]1.O=C1CCn2c(nc3ncc([C@H](O)[C@H](O)CO)nc3c2=O)N1. The largest absolute Gasteiger partial charge is 0.481 e. The van der Waals surface area contributed by atoms with Gasteiger partial charge in [-0.25, -0.2) is 49.8 Å². The average Bonchev–Trinajstić information content (AvgIpc) is 0.765. The number of carbonyl (C=O) groups excluding carboxylic acids is 2. The highest BCUT2D eigenvalue weighted by molar-refractivity contribution is 5.94. The number of H-pyrrole nitrogens is 2. The van der Waals surface area contributed by atoms with Gasteiger partial charge in [0.05, 0.1) is 112 Å². The van der Waals surface area contributed by atoms with Crippen LogP contribution in [0.1, 0.15) is 91.1 Å². The zero-order valence-electron chi connectivity index (χ0n) is 58.1. The first kappa shape index (κ1) is 85.9. The summed E-state index contributed by atoms with van der Waals surface area (Å²) in [6.45, 7) is -3.43. The van der Waals surface area contributed by atoms with Crippen molar-refractivity contribution in [2.24, 2.45) is 0 Å². The van der Waals surface area contributed by atoms with E-state index in [2.05, 4.69) is 95.4 Å². The molecule has 0 fully saturated rings. The van der Waals surface area contributed by atoms with E-state index < -0.39 is 140 Å². The number of amides is 2. The molecule has 0 saturated carbocycles. The van der Waals surface area contributed by atoms with Crippen molar-refractivity contribution in [3.63, 3.8) is 0 Å². The standard InChI is InChI=1S/C15H17N5O7.2C12H15N5O6.C12H13N5O5.C9H11N5O4/c21-6-8(22)12(26)7-5-16-13-11(17-7)14(27)20-3-1-9(23)19(15(20)18-13)4-2-10(24)25;13-12-16-10-8(11(23)17(12)2-1-7(20)21)15-5(3-14-10)9(22)6(19)4-18;18-4-6(19)9(22)5-3-14-10-8(15-5)11(23)17-12(16-10)13-2-1-7(20)21;18-4-6(19)9(21)5-3-13-10-8(14-5)11(22)17-2-1-7(20)15-12(17)16-10;10-9-13-7-5(8(18)14-9)12-3(1-11-7)6(17)4(16)2-15/h5,8,12,21-22,26H,1-4,6H2,(H,24,25);3,6,9,18-19,22H,1-2,4H2,(H,20,21)(H2,13,14,16);3,6,9,18-19,22H,1-2,4H2,(H,20,21)(H2,13,14,16,17,23);3,6,9,18-19,21H,1-2,4H2,(H,13,15,16,20);1,4,6,15-17H,2H2,(H3,10,11,13,14,18)/t8-,12+;3*6-,9+;4-,6+/m11111/s1. The van der Waals surface area contributed by atoms with Crippen LogP contribution in [0.5, 0.6) is 0 Å². The van der Waals surface area contributed by atoms with Crippen LogP contribution in [-0.4, -0.2) is 297 Å². The number of aromatic nitrogens is 20. The van der Waals surface area contributed by atoms with E-state index >= 15 is 0 Å². The Kier molecular flexibility index (Phi) is 29.1. The first-order valence-corrected chi connectivity index (χ1v) is 32.9. The molecule has 604 valence electrons. The molecule has 12 heterocycles. The van der Waals surface area contributed by atoms with Gasteiger partial charge < -0.3 is 109 Å². The minimum atomic E-state index is -1.54. The number of aromatic amines is 2. The second kappa shape index (κ2) is 38.3. The second-order valence-corrected chi connectivity index (χ2v) is 23.8. The number of carboxylic acids is 3. The third-order valence-electron chi connectivity index (χ3n) is 15.9. The molecule has 12 rings (SSSR count). The van der Waals surface area contributed by atoms with E-state index in [0.29, 0.717) is 0 Å². The Morgan fingerprint density at radius 2 is 0.805 bits per heavy atom. The van der Waals surface area contributed by atoms with Crippen molar-refractivity contribution in [1.82, 2.24) is 98.4 Å². The van der Waals surface area contributed by atoms with Gasteiger partial charge in [-0.05, 0) is 0 Å². The lowest BCUT2D eigenvalue weighted by Gasteiger charge is -2.28. The lowest BCUT2D eigenvalue weighted by molar-refractivity contribution is -0.138. The van der Waals surface area contributed by atoms with Gasteiger partial charge in [0.15, 0.2) is 55.8 Å². The van der Waals surface area contributed by atoms with E-state index in [0.717, 1.165) is 40.5 Å². The Morgan fingerprint density at radius 3 is 1.25 bits per heavy atom. The number of aliphatic hydroxyl groups is 15. The Morgan fingerprint density at radius 1 is 0.434 bits per heavy atom. The van der Waals surface area contributed by atoms with E-state index in [9.17, 15) is 99.0 Å². The van der Waals surface area contributed by atoms with Crippen molar-refractivity contribution in [1.29, 1.82) is 0 Å². The first-order chi connectivity index (χ1) is 53.6. The highest BCUT2D eigenvalue weighted by Crippen LogP contribution is 2.24. The van der Waals surface area contributed by atoms with Crippen LogP contribution in [0.25, 0.3) is 55.8 Å². The maximum atomic E-state index is 12.8. The molecule has 0 unspecified atom stereocenters. The topological polar surface area (TPSA) is 854 Å². The molecule has 2 amide bonds.